The molecule has 0 radical (unpaired) electrons. The zero-order chi connectivity index (χ0) is 21.1. The molecule has 3 heterocycles. The van der Waals surface area contributed by atoms with Crippen molar-refractivity contribution in [2.45, 2.75) is 20.3 Å². The molecule has 0 saturated carbocycles. The lowest BCUT2D eigenvalue weighted by molar-refractivity contribution is 0.340. The van der Waals surface area contributed by atoms with Gasteiger partial charge >= 0.3 is 0 Å². The lowest BCUT2D eigenvalue weighted by Crippen LogP contribution is -2.22. The summed E-state index contributed by atoms with van der Waals surface area (Å²) < 4.78 is 5.60. The number of hydrogen-bond donors (Lipinski definition) is 0. The first kappa shape index (κ1) is 20.6. The van der Waals surface area contributed by atoms with E-state index >= 15 is 0 Å². The fraction of sp³-hybridized carbons (Fsp3) is 0.261. The van der Waals surface area contributed by atoms with Crippen molar-refractivity contribution in [1.82, 2.24) is 15.0 Å². The Labute approximate surface area is 185 Å². The SMILES string of the molecule is CCOc1ccc(-c2c(C)sc3nc(Cl)nc(N(C)CCc4ccncc4)c23)cc1. The number of nitrogens with zero attached hydrogens (tertiary/aromatic N) is 4. The zero-order valence-corrected chi connectivity index (χ0v) is 18.8. The van der Waals surface area contributed by atoms with E-state index in [2.05, 4.69) is 38.9 Å². The van der Waals surface area contributed by atoms with E-state index in [1.165, 1.54) is 10.4 Å². The van der Waals surface area contributed by atoms with Crippen LogP contribution in [0.2, 0.25) is 5.28 Å². The highest BCUT2D eigenvalue weighted by molar-refractivity contribution is 7.19. The third-order valence-corrected chi connectivity index (χ3v) is 6.15. The molecule has 0 N–H and O–H groups in total. The molecular weight excluding hydrogens is 416 g/mol. The monoisotopic (exact) mass is 438 g/mol. The van der Waals surface area contributed by atoms with Crippen LogP contribution in [0, 0.1) is 6.92 Å². The number of benzene rings is 1. The van der Waals surface area contributed by atoms with E-state index in [4.69, 9.17) is 16.3 Å². The van der Waals surface area contributed by atoms with Gasteiger partial charge in [0.25, 0.3) is 0 Å². The fourth-order valence-corrected chi connectivity index (χ4v) is 4.78. The molecule has 0 saturated heterocycles. The summed E-state index contributed by atoms with van der Waals surface area (Å²) in [7, 11) is 2.05. The van der Waals surface area contributed by atoms with Gasteiger partial charge in [0.2, 0.25) is 5.28 Å². The molecule has 0 fully saturated rings. The molecule has 0 aliphatic heterocycles. The van der Waals surface area contributed by atoms with Gasteiger partial charge in [0.1, 0.15) is 16.4 Å². The molecule has 154 valence electrons. The highest BCUT2D eigenvalue weighted by Crippen LogP contribution is 2.42. The minimum Gasteiger partial charge on any atom is -0.494 e. The van der Waals surface area contributed by atoms with Gasteiger partial charge in [-0.25, -0.2) is 4.98 Å². The average molecular weight is 439 g/mol. The Hall–Kier alpha value is -2.70. The van der Waals surface area contributed by atoms with Crippen LogP contribution in [0.3, 0.4) is 0 Å². The molecule has 0 atom stereocenters. The molecule has 0 bridgehead atoms. The summed E-state index contributed by atoms with van der Waals surface area (Å²) in [5.41, 5.74) is 3.51. The van der Waals surface area contributed by atoms with Gasteiger partial charge in [-0.15, -0.1) is 11.3 Å². The Morgan fingerprint density at radius 3 is 2.50 bits per heavy atom. The minimum atomic E-state index is 0.271. The lowest BCUT2D eigenvalue weighted by Gasteiger charge is -2.20. The molecule has 0 unspecified atom stereocenters. The predicted octanol–water partition coefficient (Wildman–Crippen LogP) is 5.79. The van der Waals surface area contributed by atoms with Gasteiger partial charge in [0, 0.05) is 36.4 Å². The van der Waals surface area contributed by atoms with E-state index in [0.29, 0.717) is 6.61 Å². The molecule has 30 heavy (non-hydrogen) atoms. The number of hydrogen-bond acceptors (Lipinski definition) is 6. The summed E-state index contributed by atoms with van der Waals surface area (Å²) in [6.45, 7) is 5.56. The number of anilines is 1. The topological polar surface area (TPSA) is 51.1 Å². The summed E-state index contributed by atoms with van der Waals surface area (Å²) in [5.74, 6) is 1.72. The maximum absolute atomic E-state index is 6.28. The van der Waals surface area contributed by atoms with Crippen LogP contribution in [0.1, 0.15) is 17.4 Å². The van der Waals surface area contributed by atoms with E-state index in [-0.39, 0.29) is 5.28 Å². The van der Waals surface area contributed by atoms with Gasteiger partial charge in [0.15, 0.2) is 0 Å². The van der Waals surface area contributed by atoms with Crippen molar-refractivity contribution in [1.29, 1.82) is 0 Å². The summed E-state index contributed by atoms with van der Waals surface area (Å²) in [4.78, 5) is 17.5. The number of rotatable bonds is 7. The Bertz CT molecular complexity index is 1150. The normalized spacial score (nSPS) is 11.1. The van der Waals surface area contributed by atoms with Crippen molar-refractivity contribution < 1.29 is 4.74 Å². The number of fused-ring (bicyclic) bond motifs is 1. The third-order valence-electron chi connectivity index (χ3n) is 4.98. The molecule has 0 aliphatic rings. The van der Waals surface area contributed by atoms with Crippen molar-refractivity contribution in [2.24, 2.45) is 0 Å². The van der Waals surface area contributed by atoms with Crippen molar-refractivity contribution >= 4 is 39.0 Å². The van der Waals surface area contributed by atoms with Gasteiger partial charge in [-0.2, -0.15) is 4.98 Å². The number of aryl methyl sites for hydroxylation is 1. The summed E-state index contributed by atoms with van der Waals surface area (Å²) in [5, 5.41) is 1.32. The minimum absolute atomic E-state index is 0.271. The maximum Gasteiger partial charge on any atom is 0.225 e. The smallest absolute Gasteiger partial charge is 0.225 e. The van der Waals surface area contributed by atoms with Crippen LogP contribution in [-0.4, -0.2) is 35.2 Å². The molecule has 0 amide bonds. The van der Waals surface area contributed by atoms with Crippen LogP contribution in [0.5, 0.6) is 5.75 Å². The molecule has 0 spiro atoms. The van der Waals surface area contributed by atoms with E-state index < -0.39 is 0 Å². The first-order valence-electron chi connectivity index (χ1n) is 9.86. The van der Waals surface area contributed by atoms with Crippen LogP contribution in [0.4, 0.5) is 5.82 Å². The van der Waals surface area contributed by atoms with Gasteiger partial charge in [-0.1, -0.05) is 12.1 Å². The van der Waals surface area contributed by atoms with Crippen LogP contribution >= 0.6 is 22.9 Å². The van der Waals surface area contributed by atoms with Crippen molar-refractivity contribution in [2.75, 3.05) is 25.1 Å². The van der Waals surface area contributed by atoms with Gasteiger partial charge < -0.3 is 9.64 Å². The fourth-order valence-electron chi connectivity index (χ4n) is 3.53. The molecule has 4 rings (SSSR count). The molecule has 0 aliphatic carbocycles. The predicted molar refractivity (Wildman–Crippen MR) is 125 cm³/mol. The number of likely N-dealkylation sites (N-methyl/N-ethyl adjacent to an activating group) is 1. The highest BCUT2D eigenvalue weighted by atomic mass is 35.5. The highest BCUT2D eigenvalue weighted by Gasteiger charge is 2.20. The number of halogens is 1. The van der Waals surface area contributed by atoms with E-state index in [1.807, 2.05) is 50.6 Å². The average Bonchev–Trinajstić information content (AvgIpc) is 3.08. The first-order valence-corrected chi connectivity index (χ1v) is 11.1. The van der Waals surface area contributed by atoms with E-state index in [0.717, 1.165) is 45.9 Å². The Morgan fingerprint density at radius 2 is 1.80 bits per heavy atom. The maximum atomic E-state index is 6.28. The number of aromatic nitrogens is 3. The second-order valence-corrected chi connectivity index (χ2v) is 8.56. The van der Waals surface area contributed by atoms with Gasteiger partial charge in [0.05, 0.1) is 12.0 Å². The summed E-state index contributed by atoms with van der Waals surface area (Å²) in [6, 6.07) is 12.3. The van der Waals surface area contributed by atoms with Crippen molar-refractivity contribution in [3.8, 4) is 16.9 Å². The number of ether oxygens (including phenoxy) is 1. The molecule has 5 nitrogen and oxygen atoms in total. The summed E-state index contributed by atoms with van der Waals surface area (Å²) >= 11 is 7.93. The van der Waals surface area contributed by atoms with Crippen LogP contribution in [0.25, 0.3) is 21.3 Å². The van der Waals surface area contributed by atoms with Crippen LogP contribution in [0.15, 0.2) is 48.8 Å². The second-order valence-electron chi connectivity index (χ2n) is 7.01. The van der Waals surface area contributed by atoms with E-state index in [1.54, 1.807) is 11.3 Å². The van der Waals surface area contributed by atoms with Crippen molar-refractivity contribution in [3.63, 3.8) is 0 Å². The Kier molecular flexibility index (Phi) is 6.16. The Balaban J connectivity index is 1.74. The zero-order valence-electron chi connectivity index (χ0n) is 17.2. The lowest BCUT2D eigenvalue weighted by atomic mass is 10.0. The molecule has 4 aromatic rings. The second kappa shape index (κ2) is 8.98. The van der Waals surface area contributed by atoms with E-state index in [9.17, 15) is 0 Å². The Morgan fingerprint density at radius 1 is 1.07 bits per heavy atom. The molecular formula is C23H23ClN4OS. The molecule has 3 aromatic heterocycles. The molecule has 7 heteroatoms. The first-order chi connectivity index (χ1) is 14.6. The summed E-state index contributed by atoms with van der Waals surface area (Å²) in [6.07, 6.45) is 4.53. The van der Waals surface area contributed by atoms with Crippen molar-refractivity contribution in [3.05, 3.63) is 64.5 Å². The number of thiophene rings is 1. The largest absolute Gasteiger partial charge is 0.494 e. The van der Waals surface area contributed by atoms with Crippen LogP contribution in [-0.2, 0) is 6.42 Å². The van der Waals surface area contributed by atoms with Gasteiger partial charge in [-0.3, -0.25) is 4.98 Å². The molecule has 1 aromatic carbocycles. The quantitative estimate of drug-likeness (QED) is 0.341. The van der Waals surface area contributed by atoms with Crippen LogP contribution < -0.4 is 9.64 Å². The van der Waals surface area contributed by atoms with Gasteiger partial charge in [-0.05, 0) is 67.3 Å². The standard InChI is InChI=1S/C23H23ClN4OS/c1-4-29-18-7-5-17(6-8-18)19-15(2)30-22-20(19)21(26-23(24)27-22)28(3)14-11-16-9-12-25-13-10-16/h5-10,12-13H,4,11,14H2,1-3H3. The third kappa shape index (κ3) is 4.25. The number of pyridine rings is 1.